The van der Waals surface area contributed by atoms with E-state index in [0.29, 0.717) is 5.96 Å². The van der Waals surface area contributed by atoms with Crippen LogP contribution in [0.15, 0.2) is 23.5 Å². The Balaban J connectivity index is 1.52. The summed E-state index contributed by atoms with van der Waals surface area (Å²) in [6, 6.07) is 1.83. The minimum absolute atomic E-state index is 0.221. The number of ether oxygens (including phenoxy) is 1. The number of aromatic nitrogens is 2. The minimum Gasteiger partial charge on any atom is -0.384 e. The van der Waals surface area contributed by atoms with Gasteiger partial charge in [-0.05, 0) is 18.9 Å². The van der Waals surface area contributed by atoms with Crippen molar-refractivity contribution in [1.29, 1.82) is 0 Å². The third-order valence-electron chi connectivity index (χ3n) is 4.88. The van der Waals surface area contributed by atoms with Crippen LogP contribution < -0.4 is 10.6 Å². The zero-order valence-electron chi connectivity index (χ0n) is 13.8. The van der Waals surface area contributed by atoms with Crippen LogP contribution in [0, 0.1) is 5.41 Å². The van der Waals surface area contributed by atoms with E-state index in [4.69, 9.17) is 10.5 Å². The third kappa shape index (κ3) is 3.72. The van der Waals surface area contributed by atoms with Gasteiger partial charge < -0.3 is 20.3 Å². The second-order valence-electron chi connectivity index (χ2n) is 6.48. The molecular formula is C16H26N6O. The van der Waals surface area contributed by atoms with E-state index in [1.807, 2.05) is 6.07 Å². The predicted octanol–water partition coefficient (Wildman–Crippen LogP) is 0.730. The van der Waals surface area contributed by atoms with Crippen LogP contribution in [0.5, 0.6) is 0 Å². The van der Waals surface area contributed by atoms with Gasteiger partial charge in [0.05, 0.1) is 13.2 Å². The van der Waals surface area contributed by atoms with Crippen molar-refractivity contribution in [3.63, 3.8) is 0 Å². The SMILES string of the molecule is COCC1(CN=C(N)N2CCN(c3ncccn3)CC2)CCC1. The Morgan fingerprint density at radius 3 is 2.52 bits per heavy atom. The highest BCUT2D eigenvalue weighted by Crippen LogP contribution is 2.41. The van der Waals surface area contributed by atoms with E-state index in [-0.39, 0.29) is 5.41 Å². The molecule has 1 aromatic heterocycles. The summed E-state index contributed by atoms with van der Waals surface area (Å²) in [6.45, 7) is 4.99. The molecule has 1 aliphatic carbocycles. The molecule has 2 aliphatic rings. The number of anilines is 1. The van der Waals surface area contributed by atoms with E-state index in [1.165, 1.54) is 19.3 Å². The summed E-state index contributed by atoms with van der Waals surface area (Å²) in [4.78, 5) is 17.6. The topological polar surface area (TPSA) is 79.9 Å². The van der Waals surface area contributed by atoms with Crippen LogP contribution >= 0.6 is 0 Å². The summed E-state index contributed by atoms with van der Waals surface area (Å²) < 4.78 is 5.35. The average molecular weight is 318 g/mol. The van der Waals surface area contributed by atoms with Crippen molar-refractivity contribution in [2.24, 2.45) is 16.1 Å². The lowest BCUT2D eigenvalue weighted by molar-refractivity contribution is 0.0251. The molecule has 0 atom stereocenters. The van der Waals surface area contributed by atoms with Crippen LogP contribution in [-0.2, 0) is 4.74 Å². The Labute approximate surface area is 137 Å². The third-order valence-corrected chi connectivity index (χ3v) is 4.88. The van der Waals surface area contributed by atoms with Crippen LogP contribution in [0.1, 0.15) is 19.3 Å². The molecule has 0 amide bonds. The van der Waals surface area contributed by atoms with Gasteiger partial charge in [-0.2, -0.15) is 0 Å². The molecule has 0 radical (unpaired) electrons. The highest BCUT2D eigenvalue weighted by molar-refractivity contribution is 5.78. The zero-order valence-corrected chi connectivity index (χ0v) is 13.8. The number of aliphatic imine (C=N–C) groups is 1. The fourth-order valence-electron chi connectivity index (χ4n) is 3.27. The van der Waals surface area contributed by atoms with Gasteiger partial charge in [-0.25, -0.2) is 9.97 Å². The van der Waals surface area contributed by atoms with Crippen molar-refractivity contribution < 1.29 is 4.74 Å². The maximum Gasteiger partial charge on any atom is 0.225 e. The molecule has 7 heteroatoms. The molecule has 126 valence electrons. The Bertz CT molecular complexity index is 523. The first-order valence-corrected chi connectivity index (χ1v) is 8.28. The van der Waals surface area contributed by atoms with Gasteiger partial charge in [-0.1, -0.05) is 6.42 Å². The molecule has 2 N–H and O–H groups in total. The Morgan fingerprint density at radius 1 is 1.26 bits per heavy atom. The van der Waals surface area contributed by atoms with Crippen LogP contribution in [0.25, 0.3) is 0 Å². The fraction of sp³-hybridized carbons (Fsp3) is 0.688. The lowest BCUT2D eigenvalue weighted by Crippen LogP contribution is -2.52. The molecule has 0 spiro atoms. The summed E-state index contributed by atoms with van der Waals surface area (Å²) in [5, 5.41) is 0. The standard InChI is InChI=1S/C16H26N6O/c1-23-13-16(4-2-5-16)12-20-14(17)21-8-10-22(11-9-21)15-18-6-3-7-19-15/h3,6-7H,2,4-5,8-13H2,1H3,(H2,17,20). The van der Waals surface area contributed by atoms with Gasteiger partial charge in [0.1, 0.15) is 0 Å². The maximum absolute atomic E-state index is 6.20. The molecule has 1 saturated carbocycles. The number of guanidine groups is 1. The number of methoxy groups -OCH3 is 1. The molecule has 0 bridgehead atoms. The lowest BCUT2D eigenvalue weighted by atomic mass is 9.69. The van der Waals surface area contributed by atoms with Crippen LogP contribution in [0.2, 0.25) is 0 Å². The van der Waals surface area contributed by atoms with E-state index >= 15 is 0 Å². The first kappa shape index (κ1) is 16.0. The van der Waals surface area contributed by atoms with E-state index in [9.17, 15) is 0 Å². The first-order valence-electron chi connectivity index (χ1n) is 8.28. The van der Waals surface area contributed by atoms with Crippen molar-refractivity contribution in [2.45, 2.75) is 19.3 Å². The van der Waals surface area contributed by atoms with Crippen LogP contribution in [0.3, 0.4) is 0 Å². The van der Waals surface area contributed by atoms with Gasteiger partial charge in [0.25, 0.3) is 0 Å². The first-order chi connectivity index (χ1) is 11.2. The van der Waals surface area contributed by atoms with Gasteiger partial charge in [0, 0.05) is 51.1 Å². The minimum atomic E-state index is 0.221. The highest BCUT2D eigenvalue weighted by atomic mass is 16.5. The van der Waals surface area contributed by atoms with E-state index in [2.05, 4.69) is 24.8 Å². The molecule has 1 aliphatic heterocycles. The molecule has 1 saturated heterocycles. The summed E-state index contributed by atoms with van der Waals surface area (Å²) in [6.07, 6.45) is 7.21. The number of rotatable bonds is 5. The van der Waals surface area contributed by atoms with Crippen molar-refractivity contribution in [1.82, 2.24) is 14.9 Å². The molecule has 0 aromatic carbocycles. The summed E-state index contributed by atoms with van der Waals surface area (Å²) in [5.74, 6) is 1.44. The predicted molar refractivity (Wildman–Crippen MR) is 90.5 cm³/mol. The molecule has 3 rings (SSSR count). The van der Waals surface area contributed by atoms with Crippen molar-refractivity contribution in [3.8, 4) is 0 Å². The second-order valence-corrected chi connectivity index (χ2v) is 6.48. The largest absolute Gasteiger partial charge is 0.384 e. The number of hydrogen-bond donors (Lipinski definition) is 1. The van der Waals surface area contributed by atoms with Crippen molar-refractivity contribution in [2.75, 3.05) is 51.3 Å². The summed E-state index contributed by atoms with van der Waals surface area (Å²) in [7, 11) is 1.76. The van der Waals surface area contributed by atoms with E-state index < -0.39 is 0 Å². The van der Waals surface area contributed by atoms with Crippen molar-refractivity contribution in [3.05, 3.63) is 18.5 Å². The fourth-order valence-corrected chi connectivity index (χ4v) is 3.27. The smallest absolute Gasteiger partial charge is 0.225 e. The van der Waals surface area contributed by atoms with Gasteiger partial charge >= 0.3 is 0 Å². The molecule has 7 nitrogen and oxygen atoms in total. The molecule has 2 fully saturated rings. The average Bonchev–Trinajstić information content (AvgIpc) is 2.58. The molecule has 1 aromatic rings. The number of nitrogens with zero attached hydrogens (tertiary/aromatic N) is 5. The molecule has 0 unspecified atom stereocenters. The molecule has 23 heavy (non-hydrogen) atoms. The van der Waals surface area contributed by atoms with Crippen LogP contribution in [0.4, 0.5) is 5.95 Å². The molecule has 2 heterocycles. The van der Waals surface area contributed by atoms with Gasteiger partial charge in [0.15, 0.2) is 5.96 Å². The Kier molecular flexibility index (Phi) is 4.95. The maximum atomic E-state index is 6.20. The number of piperazine rings is 1. The lowest BCUT2D eigenvalue weighted by Gasteiger charge is -2.40. The highest BCUT2D eigenvalue weighted by Gasteiger charge is 2.37. The summed E-state index contributed by atoms with van der Waals surface area (Å²) in [5.41, 5.74) is 6.42. The second kappa shape index (κ2) is 7.12. The van der Waals surface area contributed by atoms with Gasteiger partial charge in [0.2, 0.25) is 5.95 Å². The molecular weight excluding hydrogens is 292 g/mol. The normalized spacial score (nSPS) is 21.2. The number of hydrogen-bond acceptors (Lipinski definition) is 5. The van der Waals surface area contributed by atoms with E-state index in [1.54, 1.807) is 19.5 Å². The Hall–Kier alpha value is -1.89. The Morgan fingerprint density at radius 2 is 1.96 bits per heavy atom. The number of nitrogens with two attached hydrogens (primary N) is 1. The van der Waals surface area contributed by atoms with Gasteiger partial charge in [-0.15, -0.1) is 0 Å². The quantitative estimate of drug-likeness (QED) is 0.637. The van der Waals surface area contributed by atoms with Crippen molar-refractivity contribution >= 4 is 11.9 Å². The van der Waals surface area contributed by atoms with E-state index in [0.717, 1.165) is 45.3 Å². The summed E-state index contributed by atoms with van der Waals surface area (Å²) >= 11 is 0. The zero-order chi connectivity index (χ0) is 16.1. The monoisotopic (exact) mass is 318 g/mol. The van der Waals surface area contributed by atoms with Crippen LogP contribution in [-0.4, -0.2) is 67.3 Å². The van der Waals surface area contributed by atoms with Gasteiger partial charge in [-0.3, -0.25) is 4.99 Å².